The van der Waals surface area contributed by atoms with Crippen molar-refractivity contribution < 1.29 is 13.2 Å². The van der Waals surface area contributed by atoms with Gasteiger partial charge in [-0.1, -0.05) is 24.3 Å². The highest BCUT2D eigenvalue weighted by Gasteiger charge is 2.49. The van der Waals surface area contributed by atoms with Crippen molar-refractivity contribution in [2.24, 2.45) is 5.41 Å². The lowest BCUT2D eigenvalue weighted by atomic mass is 10.0. The molecular formula is C19H25NO3S. The topological polar surface area (TPSA) is 54.5 Å². The minimum Gasteiger partial charge on any atom is -0.333 e. The third-order valence-corrected chi connectivity index (χ3v) is 6.85. The van der Waals surface area contributed by atoms with Gasteiger partial charge in [0.15, 0.2) is 0 Å². The summed E-state index contributed by atoms with van der Waals surface area (Å²) in [6.45, 7) is 0. The molecule has 0 saturated heterocycles. The number of hydrogen-bond acceptors (Lipinski definition) is 3. The zero-order chi connectivity index (χ0) is 16.9. The van der Waals surface area contributed by atoms with Gasteiger partial charge >= 0.3 is 0 Å². The van der Waals surface area contributed by atoms with Crippen molar-refractivity contribution in [1.29, 1.82) is 0 Å². The number of amides is 1. The Bertz CT molecular complexity index is 763. The van der Waals surface area contributed by atoms with Crippen LogP contribution in [0.4, 0.5) is 0 Å². The summed E-state index contributed by atoms with van der Waals surface area (Å²) in [6.07, 6.45) is 7.62. The number of nitrogens with zero attached hydrogens (tertiary/aromatic N) is 1. The van der Waals surface area contributed by atoms with Crippen LogP contribution in [-0.2, 0) is 21.1 Å². The second kappa shape index (κ2) is 5.58. The van der Waals surface area contributed by atoms with Crippen LogP contribution in [0.3, 0.4) is 0 Å². The number of fused-ring (bicyclic) bond motifs is 1. The summed E-state index contributed by atoms with van der Waals surface area (Å²) < 4.78 is 23.4. The molecule has 4 nitrogen and oxygen atoms in total. The average Bonchev–Trinajstić information content (AvgIpc) is 3.40. The van der Waals surface area contributed by atoms with E-state index in [1.165, 1.54) is 17.4 Å². The molecule has 5 heteroatoms. The highest BCUT2D eigenvalue weighted by atomic mass is 32.2. The molecule has 24 heavy (non-hydrogen) atoms. The van der Waals surface area contributed by atoms with E-state index in [0.29, 0.717) is 12.5 Å². The number of rotatable bonds is 6. The number of benzene rings is 1. The van der Waals surface area contributed by atoms with Crippen LogP contribution in [0, 0.1) is 5.41 Å². The van der Waals surface area contributed by atoms with Crippen LogP contribution in [0.15, 0.2) is 24.3 Å². The van der Waals surface area contributed by atoms with E-state index in [1.54, 1.807) is 0 Å². The summed E-state index contributed by atoms with van der Waals surface area (Å²) in [6, 6.07) is 8.99. The highest BCUT2D eigenvalue weighted by Crippen LogP contribution is 2.51. The van der Waals surface area contributed by atoms with Gasteiger partial charge in [0.25, 0.3) is 0 Å². The van der Waals surface area contributed by atoms with Crippen molar-refractivity contribution in [2.75, 3.05) is 12.0 Å². The summed E-state index contributed by atoms with van der Waals surface area (Å²) in [5.74, 6) is 0.325. The van der Waals surface area contributed by atoms with Gasteiger partial charge in [0, 0.05) is 18.7 Å². The Labute approximate surface area is 144 Å². The van der Waals surface area contributed by atoms with Crippen LogP contribution in [0.2, 0.25) is 0 Å². The van der Waals surface area contributed by atoms with E-state index in [0.717, 1.165) is 38.5 Å². The minimum atomic E-state index is -3.03. The molecule has 0 bridgehead atoms. The van der Waals surface area contributed by atoms with Crippen LogP contribution >= 0.6 is 0 Å². The lowest BCUT2D eigenvalue weighted by Crippen LogP contribution is -2.38. The predicted octanol–water partition coefficient (Wildman–Crippen LogP) is 2.88. The molecule has 0 spiro atoms. The van der Waals surface area contributed by atoms with Gasteiger partial charge in [0.1, 0.15) is 9.84 Å². The molecule has 4 rings (SSSR count). The van der Waals surface area contributed by atoms with E-state index < -0.39 is 9.84 Å². The van der Waals surface area contributed by atoms with Crippen molar-refractivity contribution >= 4 is 15.7 Å². The molecule has 0 N–H and O–H groups in total. The predicted molar refractivity (Wildman–Crippen MR) is 93.4 cm³/mol. The Morgan fingerprint density at radius 1 is 1.21 bits per heavy atom. The smallest absolute Gasteiger partial charge is 0.223 e. The average molecular weight is 347 g/mol. The molecule has 130 valence electrons. The molecule has 1 atom stereocenters. The molecule has 0 radical (unpaired) electrons. The number of carbonyl (C=O) groups excluding carboxylic acids is 1. The fourth-order valence-electron chi connectivity index (χ4n) is 4.33. The zero-order valence-electron chi connectivity index (χ0n) is 14.2. The molecule has 3 aliphatic rings. The molecule has 1 aromatic carbocycles. The number of sulfone groups is 1. The summed E-state index contributed by atoms with van der Waals surface area (Å²) >= 11 is 0. The van der Waals surface area contributed by atoms with Gasteiger partial charge in [-0.3, -0.25) is 4.79 Å². The van der Waals surface area contributed by atoms with Gasteiger partial charge in [-0.2, -0.15) is 0 Å². The van der Waals surface area contributed by atoms with E-state index in [9.17, 15) is 13.2 Å². The fraction of sp³-hybridized carbons (Fsp3) is 0.632. The van der Waals surface area contributed by atoms with Crippen molar-refractivity contribution in [2.45, 2.75) is 57.0 Å². The second-order valence-electron chi connectivity index (χ2n) is 8.03. The first-order chi connectivity index (χ1) is 11.4. The molecule has 0 aliphatic heterocycles. The minimum absolute atomic E-state index is 0.158. The SMILES string of the molecule is CS(=O)(=O)CC1(CC(=O)N(C2CC2)C2CCc3ccccc32)CC1. The van der Waals surface area contributed by atoms with Crippen LogP contribution in [0.1, 0.15) is 55.7 Å². The van der Waals surface area contributed by atoms with E-state index >= 15 is 0 Å². The summed E-state index contributed by atoms with van der Waals surface area (Å²) in [4.78, 5) is 15.2. The Kier molecular flexibility index (Phi) is 3.75. The van der Waals surface area contributed by atoms with E-state index in [1.807, 2.05) is 0 Å². The third-order valence-electron chi connectivity index (χ3n) is 5.72. The Morgan fingerprint density at radius 2 is 1.92 bits per heavy atom. The van der Waals surface area contributed by atoms with E-state index in [4.69, 9.17) is 0 Å². The maximum atomic E-state index is 13.1. The molecule has 3 aliphatic carbocycles. The molecule has 2 fully saturated rings. The van der Waals surface area contributed by atoms with E-state index in [-0.39, 0.29) is 23.1 Å². The summed E-state index contributed by atoms with van der Waals surface area (Å²) in [5.41, 5.74) is 2.37. The molecular weight excluding hydrogens is 322 g/mol. The first-order valence-corrected chi connectivity index (χ1v) is 11.0. The van der Waals surface area contributed by atoms with Crippen LogP contribution < -0.4 is 0 Å². The van der Waals surface area contributed by atoms with Gasteiger partial charge in [-0.05, 0) is 55.1 Å². The highest BCUT2D eigenvalue weighted by molar-refractivity contribution is 7.90. The van der Waals surface area contributed by atoms with Crippen LogP contribution in [0.25, 0.3) is 0 Å². The normalized spacial score (nSPS) is 24.5. The second-order valence-corrected chi connectivity index (χ2v) is 10.2. The molecule has 1 unspecified atom stereocenters. The first kappa shape index (κ1) is 16.1. The molecule has 1 amide bonds. The standard InChI is InChI=1S/C19H25NO3S/c1-24(22,23)13-19(10-11-19)12-18(21)20(15-7-8-15)17-9-6-14-4-2-3-5-16(14)17/h2-5,15,17H,6-13H2,1H3. The molecule has 1 aromatic rings. The van der Waals surface area contributed by atoms with Crippen molar-refractivity contribution in [3.63, 3.8) is 0 Å². The number of carbonyl (C=O) groups is 1. The molecule has 0 aromatic heterocycles. The lowest BCUT2D eigenvalue weighted by Gasteiger charge is -2.31. The largest absolute Gasteiger partial charge is 0.333 e. The van der Waals surface area contributed by atoms with Crippen LogP contribution in [0.5, 0.6) is 0 Å². The van der Waals surface area contributed by atoms with Crippen molar-refractivity contribution in [1.82, 2.24) is 4.90 Å². The van der Waals surface area contributed by atoms with Gasteiger partial charge in [0.2, 0.25) is 5.91 Å². The monoisotopic (exact) mass is 347 g/mol. The Balaban J connectivity index is 1.53. The molecule has 2 saturated carbocycles. The van der Waals surface area contributed by atoms with Gasteiger partial charge < -0.3 is 4.90 Å². The number of aryl methyl sites for hydroxylation is 1. The summed E-state index contributed by atoms with van der Waals surface area (Å²) in [5, 5.41) is 0. The quantitative estimate of drug-likeness (QED) is 0.795. The van der Waals surface area contributed by atoms with Crippen molar-refractivity contribution in [3.05, 3.63) is 35.4 Å². The van der Waals surface area contributed by atoms with Crippen LogP contribution in [-0.4, -0.2) is 37.3 Å². The van der Waals surface area contributed by atoms with Crippen molar-refractivity contribution in [3.8, 4) is 0 Å². The summed E-state index contributed by atoms with van der Waals surface area (Å²) in [7, 11) is -3.03. The van der Waals surface area contributed by atoms with Gasteiger partial charge in [-0.25, -0.2) is 8.42 Å². The maximum Gasteiger partial charge on any atom is 0.223 e. The van der Waals surface area contributed by atoms with Gasteiger partial charge in [-0.15, -0.1) is 0 Å². The Morgan fingerprint density at radius 3 is 2.54 bits per heavy atom. The maximum absolute atomic E-state index is 13.1. The van der Waals surface area contributed by atoms with E-state index in [2.05, 4.69) is 29.2 Å². The zero-order valence-corrected chi connectivity index (χ0v) is 15.0. The fourth-order valence-corrected chi connectivity index (χ4v) is 5.83. The first-order valence-electron chi connectivity index (χ1n) is 8.94. The molecule has 0 heterocycles. The Hall–Kier alpha value is -1.36. The van der Waals surface area contributed by atoms with Gasteiger partial charge in [0.05, 0.1) is 11.8 Å². The lowest BCUT2D eigenvalue weighted by molar-refractivity contribution is -0.135. The third kappa shape index (κ3) is 3.23. The number of hydrogen-bond donors (Lipinski definition) is 0.